The van der Waals surface area contributed by atoms with E-state index in [4.69, 9.17) is 0 Å². The Kier molecular flexibility index (Phi) is 5.73. The molecule has 2 atom stereocenters. The van der Waals surface area contributed by atoms with Crippen LogP contribution in [0, 0.1) is 5.92 Å². The molecule has 1 aromatic rings. The number of hydrogen-bond donors (Lipinski definition) is 2. The maximum Gasteiger partial charge on any atom is 0.219 e. The molecular weight excluding hydrogens is 233 g/mol. The number of anilines is 1. The van der Waals surface area contributed by atoms with Gasteiger partial charge in [0.2, 0.25) is 7.37 Å². The van der Waals surface area contributed by atoms with Crippen molar-refractivity contribution >= 4 is 13.1 Å². The lowest BCUT2D eigenvalue weighted by molar-refractivity contribution is 0.460. The van der Waals surface area contributed by atoms with Gasteiger partial charge in [-0.25, -0.2) is 0 Å². The van der Waals surface area contributed by atoms with Gasteiger partial charge in [0, 0.05) is 11.8 Å². The van der Waals surface area contributed by atoms with E-state index in [1.165, 1.54) is 0 Å². The van der Waals surface area contributed by atoms with Gasteiger partial charge in [-0.2, -0.15) is 0 Å². The summed E-state index contributed by atoms with van der Waals surface area (Å²) in [6.07, 6.45) is 2.63. The molecule has 2 N–H and O–H groups in total. The molecule has 0 aromatic heterocycles. The molecule has 1 aromatic carbocycles. The molecule has 0 saturated heterocycles. The van der Waals surface area contributed by atoms with Crippen molar-refractivity contribution < 1.29 is 9.46 Å². The highest BCUT2D eigenvalue weighted by Gasteiger charge is 2.20. The predicted octanol–water partition coefficient (Wildman–Crippen LogP) is 3.76. The molecule has 0 saturated carbocycles. The van der Waals surface area contributed by atoms with Crippen molar-refractivity contribution in [3.63, 3.8) is 0 Å². The van der Waals surface area contributed by atoms with E-state index in [2.05, 4.69) is 12.2 Å². The predicted molar refractivity (Wildman–Crippen MR) is 73.7 cm³/mol. The molecule has 2 unspecified atom stereocenters. The van der Waals surface area contributed by atoms with Gasteiger partial charge in [-0.1, -0.05) is 44.9 Å². The Morgan fingerprint density at radius 1 is 1.35 bits per heavy atom. The highest BCUT2D eigenvalue weighted by molar-refractivity contribution is 7.58. The van der Waals surface area contributed by atoms with Crippen LogP contribution in [0.4, 0.5) is 5.69 Å². The maximum atomic E-state index is 12.0. The van der Waals surface area contributed by atoms with Crippen molar-refractivity contribution in [2.24, 2.45) is 5.92 Å². The largest absolute Gasteiger partial charge is 0.376 e. The summed E-state index contributed by atoms with van der Waals surface area (Å²) in [5, 5.41) is 3.02. The lowest BCUT2D eigenvalue weighted by Crippen LogP contribution is -2.09. The molecule has 0 spiro atoms. The molecule has 17 heavy (non-hydrogen) atoms. The van der Waals surface area contributed by atoms with E-state index < -0.39 is 7.37 Å². The Hall–Kier alpha value is -0.790. The number of rotatable bonds is 7. The van der Waals surface area contributed by atoms with Crippen molar-refractivity contribution in [3.8, 4) is 0 Å². The van der Waals surface area contributed by atoms with Crippen molar-refractivity contribution in [3.05, 3.63) is 30.3 Å². The molecule has 4 heteroatoms. The van der Waals surface area contributed by atoms with Gasteiger partial charge < -0.3 is 10.2 Å². The highest BCUT2D eigenvalue weighted by atomic mass is 31.2. The molecule has 0 aliphatic rings. The van der Waals surface area contributed by atoms with Crippen LogP contribution in [-0.2, 0) is 4.57 Å². The molecule has 0 aliphatic heterocycles. The normalized spacial score (nSPS) is 16.2. The third-order valence-corrected chi connectivity index (χ3v) is 4.53. The van der Waals surface area contributed by atoms with Crippen molar-refractivity contribution in [1.29, 1.82) is 0 Å². The molecule has 0 fully saturated rings. The van der Waals surface area contributed by atoms with Crippen molar-refractivity contribution in [1.82, 2.24) is 0 Å². The van der Waals surface area contributed by atoms with E-state index in [-0.39, 0.29) is 6.29 Å². The summed E-state index contributed by atoms with van der Waals surface area (Å²) in [7, 11) is -3.05. The lowest BCUT2D eigenvalue weighted by Gasteiger charge is -2.17. The summed E-state index contributed by atoms with van der Waals surface area (Å²) >= 11 is 0. The summed E-state index contributed by atoms with van der Waals surface area (Å²) in [6.45, 7) is 4.13. The zero-order valence-electron chi connectivity index (χ0n) is 10.6. The average molecular weight is 255 g/mol. The Labute approximate surface area is 104 Å². The summed E-state index contributed by atoms with van der Waals surface area (Å²) in [5.41, 5.74) is 0.893. The molecule has 0 radical (unpaired) electrons. The summed E-state index contributed by atoms with van der Waals surface area (Å²) < 4.78 is 12.0. The Bertz CT molecular complexity index is 367. The Morgan fingerprint density at radius 2 is 2.00 bits per heavy atom. The quantitative estimate of drug-likeness (QED) is 0.729. The van der Waals surface area contributed by atoms with E-state index in [0.29, 0.717) is 12.1 Å². The van der Waals surface area contributed by atoms with Crippen LogP contribution >= 0.6 is 7.37 Å². The van der Waals surface area contributed by atoms with Crippen LogP contribution in [0.15, 0.2) is 30.3 Å². The minimum Gasteiger partial charge on any atom is -0.376 e. The Balaban J connectivity index is 2.42. The van der Waals surface area contributed by atoms with Gasteiger partial charge in [-0.3, -0.25) is 4.57 Å². The average Bonchev–Trinajstić information content (AvgIpc) is 2.27. The van der Waals surface area contributed by atoms with Crippen molar-refractivity contribution in [2.75, 3.05) is 17.8 Å². The zero-order chi connectivity index (χ0) is 12.7. The fourth-order valence-electron chi connectivity index (χ4n) is 1.91. The Morgan fingerprint density at radius 3 is 2.59 bits per heavy atom. The van der Waals surface area contributed by atoms with E-state index >= 15 is 0 Å². The molecule has 3 nitrogen and oxygen atoms in total. The van der Waals surface area contributed by atoms with Gasteiger partial charge in [-0.05, 0) is 18.1 Å². The van der Waals surface area contributed by atoms with Crippen molar-refractivity contribution in [2.45, 2.75) is 26.7 Å². The number of hydrogen-bond acceptors (Lipinski definition) is 2. The first-order valence-corrected chi connectivity index (χ1v) is 8.16. The lowest BCUT2D eigenvalue weighted by atomic mass is 10.1. The van der Waals surface area contributed by atoms with E-state index in [1.807, 2.05) is 37.3 Å². The SMILES string of the molecule is CCCC(C)CP(=O)(O)CNc1ccccc1. The molecular formula is C13H22NO2P. The van der Waals surface area contributed by atoms with E-state index in [0.717, 1.165) is 18.5 Å². The monoisotopic (exact) mass is 255 g/mol. The molecule has 96 valence electrons. The van der Waals surface area contributed by atoms with E-state index in [1.54, 1.807) is 0 Å². The van der Waals surface area contributed by atoms with Gasteiger partial charge in [0.05, 0.1) is 6.29 Å². The van der Waals surface area contributed by atoms with Gasteiger partial charge >= 0.3 is 0 Å². The van der Waals surface area contributed by atoms with Gasteiger partial charge in [0.25, 0.3) is 0 Å². The second kappa shape index (κ2) is 6.83. The minimum atomic E-state index is -3.05. The first-order valence-electron chi connectivity index (χ1n) is 6.13. The first kappa shape index (κ1) is 14.3. The number of benzene rings is 1. The summed E-state index contributed by atoms with van der Waals surface area (Å²) in [4.78, 5) is 9.87. The smallest absolute Gasteiger partial charge is 0.219 e. The number of nitrogens with one attached hydrogen (secondary N) is 1. The van der Waals surface area contributed by atoms with Crippen LogP contribution in [0.2, 0.25) is 0 Å². The third kappa shape index (κ3) is 5.90. The second-order valence-electron chi connectivity index (χ2n) is 4.62. The molecule has 0 aliphatic carbocycles. The van der Waals surface area contributed by atoms with Gasteiger partial charge in [0.15, 0.2) is 0 Å². The first-order chi connectivity index (χ1) is 8.03. The van der Waals surface area contributed by atoms with Crippen LogP contribution in [-0.4, -0.2) is 17.3 Å². The highest BCUT2D eigenvalue weighted by Crippen LogP contribution is 2.42. The van der Waals surface area contributed by atoms with Crippen LogP contribution in [0.5, 0.6) is 0 Å². The van der Waals surface area contributed by atoms with Crippen LogP contribution in [0.25, 0.3) is 0 Å². The topological polar surface area (TPSA) is 49.3 Å². The van der Waals surface area contributed by atoms with Crippen LogP contribution in [0.1, 0.15) is 26.7 Å². The molecule has 0 amide bonds. The zero-order valence-corrected chi connectivity index (χ0v) is 11.5. The van der Waals surface area contributed by atoms with Gasteiger partial charge in [0.1, 0.15) is 0 Å². The standard InChI is InChI=1S/C13H22NO2P/c1-3-7-12(2)10-17(15,16)11-14-13-8-5-4-6-9-13/h4-6,8-9,12,14H,3,7,10-11H2,1-2H3,(H,15,16). The number of para-hydroxylation sites is 1. The fourth-order valence-corrected chi connectivity index (χ4v) is 3.62. The maximum absolute atomic E-state index is 12.0. The molecule has 0 heterocycles. The molecule has 0 bridgehead atoms. The van der Waals surface area contributed by atoms with E-state index in [9.17, 15) is 9.46 Å². The van der Waals surface area contributed by atoms with Crippen LogP contribution < -0.4 is 5.32 Å². The second-order valence-corrected chi connectivity index (χ2v) is 7.00. The fraction of sp³-hybridized carbons (Fsp3) is 0.538. The molecule has 1 rings (SSSR count). The summed E-state index contributed by atoms with van der Waals surface area (Å²) in [6, 6.07) is 9.53. The third-order valence-electron chi connectivity index (χ3n) is 2.68. The minimum absolute atomic E-state index is 0.158. The van der Waals surface area contributed by atoms with Crippen LogP contribution in [0.3, 0.4) is 0 Å². The van der Waals surface area contributed by atoms with Gasteiger partial charge in [-0.15, -0.1) is 0 Å². The summed E-state index contributed by atoms with van der Waals surface area (Å²) in [5.74, 6) is 0.313.